The third kappa shape index (κ3) is 4.42. The van der Waals surface area contributed by atoms with Crippen LogP contribution in [0.1, 0.15) is 5.56 Å². The summed E-state index contributed by atoms with van der Waals surface area (Å²) >= 11 is 0. The predicted molar refractivity (Wildman–Crippen MR) is 79.3 cm³/mol. The van der Waals surface area contributed by atoms with E-state index in [0.29, 0.717) is 19.7 Å². The number of methoxy groups -OCH3 is 1. The number of aliphatic hydroxyl groups is 1. The maximum Gasteiger partial charge on any atom is 0.0897 e. The minimum Gasteiger partial charge on any atom is -0.389 e. The highest BCUT2D eigenvalue weighted by atomic mass is 16.5. The molecule has 0 saturated carbocycles. The Morgan fingerprint density at radius 2 is 2.15 bits per heavy atom. The minimum absolute atomic E-state index is 0.348. The second-order valence-corrected chi connectivity index (χ2v) is 4.66. The molecule has 2 rings (SSSR count). The number of nitrogens with zero attached hydrogens (tertiary/aromatic N) is 1. The van der Waals surface area contributed by atoms with E-state index in [1.807, 2.05) is 30.3 Å². The number of pyridine rings is 1. The molecular formula is C16H20N2O2. The van der Waals surface area contributed by atoms with Crippen LogP contribution in [0.15, 0.2) is 48.7 Å². The smallest absolute Gasteiger partial charge is 0.0897 e. The molecule has 0 amide bonds. The summed E-state index contributed by atoms with van der Waals surface area (Å²) < 4.78 is 4.89. The number of aromatic nitrogens is 1. The van der Waals surface area contributed by atoms with E-state index in [0.717, 1.165) is 16.8 Å². The van der Waals surface area contributed by atoms with Crippen molar-refractivity contribution in [2.75, 3.05) is 20.3 Å². The second-order valence-electron chi connectivity index (χ2n) is 4.66. The van der Waals surface area contributed by atoms with Crippen molar-refractivity contribution in [2.45, 2.75) is 12.6 Å². The van der Waals surface area contributed by atoms with Crippen LogP contribution in [0.5, 0.6) is 0 Å². The van der Waals surface area contributed by atoms with Gasteiger partial charge >= 0.3 is 0 Å². The van der Waals surface area contributed by atoms with Gasteiger partial charge in [-0.2, -0.15) is 0 Å². The van der Waals surface area contributed by atoms with Crippen LogP contribution in [0.4, 0.5) is 0 Å². The summed E-state index contributed by atoms with van der Waals surface area (Å²) in [6.45, 7) is 1.57. The van der Waals surface area contributed by atoms with Crippen LogP contribution in [0, 0.1) is 0 Å². The second kappa shape index (κ2) is 7.75. The van der Waals surface area contributed by atoms with E-state index in [4.69, 9.17) is 4.74 Å². The number of rotatable bonds is 7. The van der Waals surface area contributed by atoms with Crippen LogP contribution in [0.2, 0.25) is 0 Å². The zero-order valence-corrected chi connectivity index (χ0v) is 11.6. The van der Waals surface area contributed by atoms with Gasteiger partial charge in [-0.15, -0.1) is 0 Å². The first-order chi connectivity index (χ1) is 9.79. The number of ether oxygens (including phenoxy) is 1. The molecule has 1 unspecified atom stereocenters. The van der Waals surface area contributed by atoms with Gasteiger partial charge in [0.1, 0.15) is 0 Å². The molecule has 0 radical (unpaired) electrons. The van der Waals surface area contributed by atoms with Crippen LogP contribution in [0.25, 0.3) is 11.3 Å². The van der Waals surface area contributed by atoms with Crippen molar-refractivity contribution < 1.29 is 9.84 Å². The first kappa shape index (κ1) is 14.7. The van der Waals surface area contributed by atoms with E-state index in [9.17, 15) is 5.11 Å². The maximum atomic E-state index is 9.56. The van der Waals surface area contributed by atoms with E-state index in [-0.39, 0.29) is 0 Å². The Morgan fingerprint density at radius 1 is 1.25 bits per heavy atom. The van der Waals surface area contributed by atoms with E-state index >= 15 is 0 Å². The Balaban J connectivity index is 1.93. The van der Waals surface area contributed by atoms with E-state index in [1.54, 1.807) is 13.3 Å². The lowest BCUT2D eigenvalue weighted by atomic mass is 10.1. The number of hydrogen-bond donors (Lipinski definition) is 2. The summed E-state index contributed by atoms with van der Waals surface area (Å²) in [6, 6.07) is 14.1. The minimum atomic E-state index is -0.473. The molecule has 1 heterocycles. The monoisotopic (exact) mass is 272 g/mol. The largest absolute Gasteiger partial charge is 0.389 e. The number of aliphatic hydroxyl groups excluding tert-OH is 1. The lowest BCUT2D eigenvalue weighted by Gasteiger charge is -2.11. The highest BCUT2D eigenvalue weighted by Crippen LogP contribution is 2.17. The lowest BCUT2D eigenvalue weighted by Crippen LogP contribution is -2.29. The van der Waals surface area contributed by atoms with Crippen molar-refractivity contribution in [3.63, 3.8) is 0 Å². The van der Waals surface area contributed by atoms with Crippen molar-refractivity contribution in [3.05, 3.63) is 54.2 Å². The Bertz CT molecular complexity index is 517. The van der Waals surface area contributed by atoms with Crippen LogP contribution in [0.3, 0.4) is 0 Å². The van der Waals surface area contributed by atoms with Crippen LogP contribution in [-0.4, -0.2) is 36.5 Å². The fourth-order valence-corrected chi connectivity index (χ4v) is 2.01. The summed E-state index contributed by atoms with van der Waals surface area (Å²) in [5.41, 5.74) is 3.23. The van der Waals surface area contributed by atoms with Gasteiger partial charge < -0.3 is 15.2 Å². The SMILES string of the molecule is COCC(O)CNCc1cccc(-c2ccccn2)c1. The van der Waals surface area contributed by atoms with Crippen molar-refractivity contribution >= 4 is 0 Å². The third-order valence-corrected chi connectivity index (χ3v) is 2.96. The summed E-state index contributed by atoms with van der Waals surface area (Å²) in [7, 11) is 1.58. The number of nitrogens with one attached hydrogen (secondary N) is 1. The van der Waals surface area contributed by atoms with Gasteiger partial charge in [0.2, 0.25) is 0 Å². The van der Waals surface area contributed by atoms with Crippen LogP contribution < -0.4 is 5.32 Å². The molecule has 4 heteroatoms. The molecule has 1 aromatic carbocycles. The van der Waals surface area contributed by atoms with Gasteiger partial charge in [0.15, 0.2) is 0 Å². The highest BCUT2D eigenvalue weighted by Gasteiger charge is 2.03. The molecule has 0 spiro atoms. The third-order valence-electron chi connectivity index (χ3n) is 2.96. The Labute approximate surface area is 119 Å². The molecule has 2 N–H and O–H groups in total. The van der Waals surface area contributed by atoms with Gasteiger partial charge in [0.25, 0.3) is 0 Å². The van der Waals surface area contributed by atoms with Crippen molar-refractivity contribution in [3.8, 4) is 11.3 Å². The molecule has 1 atom stereocenters. The molecule has 0 aliphatic rings. The van der Waals surface area contributed by atoms with Crippen molar-refractivity contribution in [1.82, 2.24) is 10.3 Å². The summed E-state index contributed by atoms with van der Waals surface area (Å²) in [5.74, 6) is 0. The van der Waals surface area contributed by atoms with E-state index in [1.165, 1.54) is 0 Å². The fraction of sp³-hybridized carbons (Fsp3) is 0.312. The summed E-state index contributed by atoms with van der Waals surface area (Å²) in [6.07, 6.45) is 1.32. The van der Waals surface area contributed by atoms with Crippen molar-refractivity contribution in [2.24, 2.45) is 0 Å². The summed E-state index contributed by atoms with van der Waals surface area (Å²) in [4.78, 5) is 4.35. The topological polar surface area (TPSA) is 54.4 Å². The van der Waals surface area contributed by atoms with Gasteiger partial charge in [0, 0.05) is 32.0 Å². The number of benzene rings is 1. The molecule has 0 saturated heterocycles. The first-order valence-corrected chi connectivity index (χ1v) is 6.67. The van der Waals surface area contributed by atoms with Gasteiger partial charge in [-0.25, -0.2) is 0 Å². The van der Waals surface area contributed by atoms with Gasteiger partial charge in [-0.1, -0.05) is 24.3 Å². The molecular weight excluding hydrogens is 252 g/mol. The van der Waals surface area contributed by atoms with Gasteiger partial charge in [-0.05, 0) is 23.8 Å². The summed E-state index contributed by atoms with van der Waals surface area (Å²) in [5, 5.41) is 12.8. The fourth-order valence-electron chi connectivity index (χ4n) is 2.01. The highest BCUT2D eigenvalue weighted by molar-refractivity contribution is 5.59. The molecule has 0 aliphatic carbocycles. The predicted octanol–water partition coefficient (Wildman–Crippen LogP) is 1.85. The molecule has 1 aromatic heterocycles. The van der Waals surface area contributed by atoms with Crippen LogP contribution in [-0.2, 0) is 11.3 Å². The molecule has 20 heavy (non-hydrogen) atoms. The Morgan fingerprint density at radius 3 is 2.90 bits per heavy atom. The Hall–Kier alpha value is -1.75. The lowest BCUT2D eigenvalue weighted by molar-refractivity contribution is 0.0644. The van der Waals surface area contributed by atoms with E-state index in [2.05, 4.69) is 22.4 Å². The molecule has 106 valence electrons. The molecule has 0 bridgehead atoms. The normalized spacial score (nSPS) is 12.3. The average molecular weight is 272 g/mol. The van der Waals surface area contributed by atoms with Crippen molar-refractivity contribution in [1.29, 1.82) is 0 Å². The van der Waals surface area contributed by atoms with E-state index < -0.39 is 6.10 Å². The maximum absolute atomic E-state index is 9.56. The average Bonchev–Trinajstić information content (AvgIpc) is 2.49. The zero-order chi connectivity index (χ0) is 14.2. The molecule has 0 aliphatic heterocycles. The van der Waals surface area contributed by atoms with Gasteiger partial charge in [-0.3, -0.25) is 4.98 Å². The molecule has 2 aromatic rings. The Kier molecular flexibility index (Phi) is 5.68. The molecule has 4 nitrogen and oxygen atoms in total. The zero-order valence-electron chi connectivity index (χ0n) is 11.6. The van der Waals surface area contributed by atoms with Gasteiger partial charge in [0.05, 0.1) is 18.4 Å². The first-order valence-electron chi connectivity index (χ1n) is 6.67. The standard InChI is InChI=1S/C16H20N2O2/c1-20-12-15(19)11-17-10-13-5-4-6-14(9-13)16-7-2-3-8-18-16/h2-9,15,17,19H,10-12H2,1H3. The van der Waals surface area contributed by atoms with Crippen LogP contribution >= 0.6 is 0 Å². The number of hydrogen-bond acceptors (Lipinski definition) is 4. The quantitative estimate of drug-likeness (QED) is 0.807. The molecule has 0 fully saturated rings.